The third kappa shape index (κ3) is 3.15. The monoisotopic (exact) mass is 314 g/mol. The Kier molecular flexibility index (Phi) is 3.90. The van der Waals surface area contributed by atoms with Crippen LogP contribution in [-0.4, -0.2) is 32.8 Å². The summed E-state index contributed by atoms with van der Waals surface area (Å²) >= 11 is 0. The smallest absolute Gasteiger partial charge is 0.211 e. The van der Waals surface area contributed by atoms with Crippen LogP contribution in [0.3, 0.4) is 0 Å². The summed E-state index contributed by atoms with van der Waals surface area (Å²) in [5.74, 6) is 0.923. The van der Waals surface area contributed by atoms with Crippen molar-refractivity contribution in [1.82, 2.24) is 10.0 Å². The van der Waals surface area contributed by atoms with E-state index < -0.39 is 10.0 Å². The van der Waals surface area contributed by atoms with E-state index in [9.17, 15) is 8.42 Å². The summed E-state index contributed by atoms with van der Waals surface area (Å²) in [5.41, 5.74) is 0.250. The van der Waals surface area contributed by atoms with Crippen molar-refractivity contribution in [3.63, 3.8) is 0 Å². The Bertz CT molecular complexity index is 494. The standard InChI is InChI=1S/C16H30N2O2S/c1-15(2)12-7-8-16(3,11-12)14(15)18-21(19,20)10-4-9-17-13-5-6-13/h12-14,17-18H,4-11H2,1-3H3. The number of rotatable bonds is 7. The molecule has 0 aromatic rings. The van der Waals surface area contributed by atoms with E-state index in [1.807, 2.05) is 0 Å². The molecule has 21 heavy (non-hydrogen) atoms. The minimum absolute atomic E-state index is 0.0896. The van der Waals surface area contributed by atoms with Crippen LogP contribution < -0.4 is 10.0 Å². The summed E-state index contributed by atoms with van der Waals surface area (Å²) in [6.07, 6.45) is 6.81. The number of nitrogens with one attached hydrogen (secondary N) is 2. The molecule has 3 aliphatic carbocycles. The number of fused-ring (bicyclic) bond motifs is 2. The average molecular weight is 314 g/mol. The number of hydrogen-bond acceptors (Lipinski definition) is 3. The minimum Gasteiger partial charge on any atom is -0.314 e. The number of hydrogen-bond donors (Lipinski definition) is 2. The van der Waals surface area contributed by atoms with Crippen molar-refractivity contribution in [3.8, 4) is 0 Å². The van der Waals surface area contributed by atoms with Gasteiger partial charge in [-0.05, 0) is 61.8 Å². The Morgan fingerprint density at radius 3 is 2.43 bits per heavy atom. The van der Waals surface area contributed by atoms with E-state index in [-0.39, 0.29) is 22.6 Å². The molecule has 3 rings (SSSR count). The third-order valence-electron chi connectivity index (χ3n) is 6.17. The van der Waals surface area contributed by atoms with Crippen LogP contribution in [0.25, 0.3) is 0 Å². The first-order chi connectivity index (χ1) is 9.73. The van der Waals surface area contributed by atoms with Gasteiger partial charge in [-0.1, -0.05) is 20.8 Å². The fraction of sp³-hybridized carbons (Fsp3) is 1.00. The van der Waals surface area contributed by atoms with E-state index >= 15 is 0 Å². The van der Waals surface area contributed by atoms with Crippen LogP contribution in [0.5, 0.6) is 0 Å². The second-order valence-corrected chi connectivity index (χ2v) is 10.2. The summed E-state index contributed by atoms with van der Waals surface area (Å²) in [7, 11) is -3.16. The van der Waals surface area contributed by atoms with Crippen molar-refractivity contribution < 1.29 is 8.42 Å². The molecule has 3 aliphatic rings. The van der Waals surface area contributed by atoms with E-state index in [0.717, 1.165) is 13.0 Å². The summed E-state index contributed by atoms with van der Waals surface area (Å²) in [6.45, 7) is 7.57. The van der Waals surface area contributed by atoms with Crippen LogP contribution in [0.15, 0.2) is 0 Å². The highest BCUT2D eigenvalue weighted by molar-refractivity contribution is 7.89. The van der Waals surface area contributed by atoms with Gasteiger partial charge < -0.3 is 5.32 Å². The van der Waals surface area contributed by atoms with Crippen LogP contribution in [0, 0.1) is 16.7 Å². The predicted molar refractivity (Wildman–Crippen MR) is 85.6 cm³/mol. The molecule has 122 valence electrons. The van der Waals surface area contributed by atoms with Gasteiger partial charge in [0, 0.05) is 12.1 Å². The highest BCUT2D eigenvalue weighted by Gasteiger charge is 2.60. The molecule has 4 nitrogen and oxygen atoms in total. The van der Waals surface area contributed by atoms with Crippen molar-refractivity contribution in [1.29, 1.82) is 0 Å². The maximum atomic E-state index is 12.4. The molecule has 0 spiro atoms. The van der Waals surface area contributed by atoms with E-state index in [0.29, 0.717) is 18.4 Å². The van der Waals surface area contributed by atoms with Gasteiger partial charge in [0.05, 0.1) is 5.75 Å². The fourth-order valence-electron chi connectivity index (χ4n) is 4.69. The molecule has 0 radical (unpaired) electrons. The molecule has 0 aromatic carbocycles. The summed E-state index contributed by atoms with van der Waals surface area (Å²) in [6, 6.07) is 0.759. The molecule has 0 aromatic heterocycles. The van der Waals surface area contributed by atoms with Crippen molar-refractivity contribution in [2.24, 2.45) is 16.7 Å². The van der Waals surface area contributed by atoms with Crippen LogP contribution in [0.4, 0.5) is 0 Å². The maximum Gasteiger partial charge on any atom is 0.211 e. The SMILES string of the molecule is CC12CCC(C1)C(C)(C)C2NS(=O)(=O)CCCNC1CC1. The highest BCUT2D eigenvalue weighted by Crippen LogP contribution is 2.62. The topological polar surface area (TPSA) is 58.2 Å². The minimum atomic E-state index is -3.16. The van der Waals surface area contributed by atoms with Crippen LogP contribution >= 0.6 is 0 Å². The first-order valence-electron chi connectivity index (χ1n) is 8.46. The zero-order chi connectivity index (χ0) is 15.3. The zero-order valence-corrected chi connectivity index (χ0v) is 14.4. The summed E-state index contributed by atoms with van der Waals surface area (Å²) in [4.78, 5) is 0. The normalized spacial score (nSPS) is 38.0. The van der Waals surface area contributed by atoms with E-state index in [1.165, 1.54) is 25.7 Å². The Balaban J connectivity index is 1.56. The van der Waals surface area contributed by atoms with Gasteiger partial charge >= 0.3 is 0 Å². The van der Waals surface area contributed by atoms with E-state index in [4.69, 9.17) is 0 Å². The third-order valence-corrected chi connectivity index (χ3v) is 7.59. The lowest BCUT2D eigenvalue weighted by Crippen LogP contribution is -2.52. The molecule has 5 heteroatoms. The average Bonchev–Trinajstić information content (AvgIpc) is 3.09. The Labute approximate surface area is 129 Å². The van der Waals surface area contributed by atoms with Gasteiger partial charge in [-0.3, -0.25) is 0 Å². The molecule has 3 saturated carbocycles. The van der Waals surface area contributed by atoms with Crippen LogP contribution in [-0.2, 0) is 10.0 Å². The van der Waals surface area contributed by atoms with E-state index in [2.05, 4.69) is 30.8 Å². The van der Waals surface area contributed by atoms with Gasteiger partial charge in [-0.15, -0.1) is 0 Å². The molecular formula is C16H30N2O2S. The number of sulfonamides is 1. The molecular weight excluding hydrogens is 284 g/mol. The summed E-state index contributed by atoms with van der Waals surface area (Å²) < 4.78 is 27.9. The molecule has 0 heterocycles. The van der Waals surface area contributed by atoms with E-state index in [1.54, 1.807) is 0 Å². The summed E-state index contributed by atoms with van der Waals surface area (Å²) in [5, 5.41) is 3.38. The first kappa shape index (κ1) is 15.8. The lowest BCUT2D eigenvalue weighted by Gasteiger charge is -2.42. The molecule has 2 bridgehead atoms. The van der Waals surface area contributed by atoms with Gasteiger partial charge in [0.2, 0.25) is 10.0 Å². The van der Waals surface area contributed by atoms with Gasteiger partial charge in [-0.25, -0.2) is 13.1 Å². The molecule has 2 N–H and O–H groups in total. The van der Waals surface area contributed by atoms with Crippen molar-refractivity contribution >= 4 is 10.0 Å². The van der Waals surface area contributed by atoms with Gasteiger partial charge in [0.1, 0.15) is 0 Å². The highest BCUT2D eigenvalue weighted by atomic mass is 32.2. The quantitative estimate of drug-likeness (QED) is 0.709. The van der Waals surface area contributed by atoms with Crippen molar-refractivity contribution in [2.45, 2.75) is 71.4 Å². The van der Waals surface area contributed by atoms with Crippen molar-refractivity contribution in [3.05, 3.63) is 0 Å². The van der Waals surface area contributed by atoms with Gasteiger partial charge in [-0.2, -0.15) is 0 Å². The predicted octanol–water partition coefficient (Wildman–Crippen LogP) is 2.26. The largest absolute Gasteiger partial charge is 0.314 e. The molecule has 3 atom stereocenters. The second-order valence-electron chi connectivity index (χ2n) is 8.37. The van der Waals surface area contributed by atoms with Gasteiger partial charge in [0.15, 0.2) is 0 Å². The molecule has 3 unspecified atom stereocenters. The maximum absolute atomic E-state index is 12.4. The fourth-order valence-corrected chi connectivity index (χ4v) is 6.28. The lowest BCUT2D eigenvalue weighted by atomic mass is 9.69. The second kappa shape index (κ2) is 5.20. The molecule has 0 aliphatic heterocycles. The molecule has 3 fully saturated rings. The van der Waals surface area contributed by atoms with Gasteiger partial charge in [0.25, 0.3) is 0 Å². The Hall–Kier alpha value is -0.130. The lowest BCUT2D eigenvalue weighted by molar-refractivity contribution is 0.127. The Morgan fingerprint density at radius 1 is 1.14 bits per heavy atom. The Morgan fingerprint density at radius 2 is 1.86 bits per heavy atom. The molecule has 0 amide bonds. The van der Waals surface area contributed by atoms with Crippen LogP contribution in [0.2, 0.25) is 0 Å². The van der Waals surface area contributed by atoms with Crippen LogP contribution in [0.1, 0.15) is 59.3 Å². The zero-order valence-electron chi connectivity index (χ0n) is 13.6. The molecule has 0 saturated heterocycles. The van der Waals surface area contributed by atoms with Crippen molar-refractivity contribution in [2.75, 3.05) is 12.3 Å². The first-order valence-corrected chi connectivity index (χ1v) is 10.1.